The second kappa shape index (κ2) is 8.54. The highest BCUT2D eigenvalue weighted by Gasteiger charge is 2.28. The summed E-state index contributed by atoms with van der Waals surface area (Å²) in [7, 11) is 0. The number of amides is 3. The Labute approximate surface area is 156 Å². The molecule has 2 heterocycles. The summed E-state index contributed by atoms with van der Waals surface area (Å²) in [6.07, 6.45) is 1.21. The molecular formula is C20H30N4O2. The highest BCUT2D eigenvalue weighted by atomic mass is 16.2. The van der Waals surface area contributed by atoms with Crippen LogP contribution < -0.4 is 5.32 Å². The Morgan fingerprint density at radius 2 is 1.58 bits per heavy atom. The molecule has 2 aliphatic rings. The maximum atomic E-state index is 12.6. The van der Waals surface area contributed by atoms with Gasteiger partial charge in [0.1, 0.15) is 0 Å². The quantitative estimate of drug-likeness (QED) is 0.902. The molecule has 0 bridgehead atoms. The lowest BCUT2D eigenvalue weighted by Gasteiger charge is -2.38. The average molecular weight is 358 g/mol. The molecule has 2 atom stereocenters. The van der Waals surface area contributed by atoms with Crippen LogP contribution in [-0.2, 0) is 4.79 Å². The van der Waals surface area contributed by atoms with Gasteiger partial charge in [-0.1, -0.05) is 32.0 Å². The number of para-hydroxylation sites is 1. The zero-order chi connectivity index (χ0) is 18.5. The minimum atomic E-state index is -0.0687. The fraction of sp³-hybridized carbons (Fsp3) is 0.600. The number of nitrogens with zero attached hydrogens (tertiary/aromatic N) is 3. The van der Waals surface area contributed by atoms with E-state index in [4.69, 9.17) is 0 Å². The lowest BCUT2D eigenvalue weighted by Crippen LogP contribution is -2.53. The molecule has 2 saturated heterocycles. The van der Waals surface area contributed by atoms with E-state index in [2.05, 4.69) is 24.1 Å². The molecule has 1 N–H and O–H groups in total. The van der Waals surface area contributed by atoms with E-state index in [9.17, 15) is 9.59 Å². The molecule has 0 saturated carbocycles. The molecule has 3 rings (SSSR count). The largest absolute Gasteiger partial charge is 0.341 e. The van der Waals surface area contributed by atoms with Crippen molar-refractivity contribution >= 4 is 17.6 Å². The molecule has 0 spiro atoms. The number of nitrogens with one attached hydrogen (secondary N) is 1. The van der Waals surface area contributed by atoms with Crippen LogP contribution in [0.1, 0.15) is 20.3 Å². The molecule has 2 aliphatic heterocycles. The molecule has 142 valence electrons. The third kappa shape index (κ3) is 4.97. The first-order valence-electron chi connectivity index (χ1n) is 9.62. The first-order valence-corrected chi connectivity index (χ1v) is 9.62. The topological polar surface area (TPSA) is 55.9 Å². The van der Waals surface area contributed by atoms with Gasteiger partial charge in [0.25, 0.3) is 0 Å². The maximum Gasteiger partial charge on any atom is 0.321 e. The van der Waals surface area contributed by atoms with Crippen molar-refractivity contribution in [1.82, 2.24) is 14.7 Å². The zero-order valence-electron chi connectivity index (χ0n) is 15.9. The van der Waals surface area contributed by atoms with Crippen LogP contribution in [0.2, 0.25) is 0 Å². The van der Waals surface area contributed by atoms with Crippen LogP contribution in [0.25, 0.3) is 0 Å². The Morgan fingerprint density at radius 1 is 0.962 bits per heavy atom. The zero-order valence-corrected chi connectivity index (χ0v) is 15.9. The average Bonchev–Trinajstić information content (AvgIpc) is 2.62. The van der Waals surface area contributed by atoms with Crippen molar-refractivity contribution in [1.29, 1.82) is 0 Å². The molecule has 0 aliphatic carbocycles. The third-order valence-corrected chi connectivity index (χ3v) is 5.26. The highest BCUT2D eigenvalue weighted by Crippen LogP contribution is 2.21. The van der Waals surface area contributed by atoms with E-state index < -0.39 is 0 Å². The molecule has 3 amide bonds. The Kier molecular flexibility index (Phi) is 6.14. The number of urea groups is 1. The number of hydrogen-bond donors (Lipinski definition) is 1. The van der Waals surface area contributed by atoms with E-state index in [0.717, 1.165) is 31.9 Å². The number of carbonyl (C=O) groups is 2. The molecule has 6 nitrogen and oxygen atoms in total. The number of likely N-dealkylation sites (tertiary alicyclic amines) is 1. The molecular weight excluding hydrogens is 328 g/mol. The van der Waals surface area contributed by atoms with E-state index in [1.165, 1.54) is 6.42 Å². The normalized spacial score (nSPS) is 24.4. The minimum absolute atomic E-state index is 0.0687. The summed E-state index contributed by atoms with van der Waals surface area (Å²) in [5.74, 6) is 1.40. The molecule has 1 aromatic carbocycles. The van der Waals surface area contributed by atoms with Gasteiger partial charge in [-0.05, 0) is 30.4 Å². The number of piperidine rings is 1. The molecule has 0 aromatic heterocycles. The van der Waals surface area contributed by atoms with Crippen LogP contribution in [0.4, 0.5) is 10.5 Å². The van der Waals surface area contributed by atoms with Crippen molar-refractivity contribution in [3.63, 3.8) is 0 Å². The summed E-state index contributed by atoms with van der Waals surface area (Å²) < 4.78 is 0. The van der Waals surface area contributed by atoms with Crippen LogP contribution in [-0.4, -0.2) is 72.5 Å². The van der Waals surface area contributed by atoms with E-state index >= 15 is 0 Å². The Balaban J connectivity index is 1.43. The second-order valence-electron chi connectivity index (χ2n) is 7.80. The monoisotopic (exact) mass is 358 g/mol. The van der Waals surface area contributed by atoms with E-state index in [0.29, 0.717) is 31.5 Å². The number of hydrogen-bond acceptors (Lipinski definition) is 3. The van der Waals surface area contributed by atoms with E-state index in [-0.39, 0.29) is 11.9 Å². The third-order valence-electron chi connectivity index (χ3n) is 5.26. The summed E-state index contributed by atoms with van der Waals surface area (Å²) in [6, 6.07) is 9.43. The predicted molar refractivity (Wildman–Crippen MR) is 103 cm³/mol. The number of rotatable bonds is 3. The van der Waals surface area contributed by atoms with E-state index in [1.807, 2.05) is 40.1 Å². The summed E-state index contributed by atoms with van der Waals surface area (Å²) in [6.45, 7) is 9.45. The van der Waals surface area contributed by atoms with Crippen molar-refractivity contribution in [2.24, 2.45) is 11.8 Å². The first-order chi connectivity index (χ1) is 12.5. The van der Waals surface area contributed by atoms with Gasteiger partial charge in [0.15, 0.2) is 0 Å². The lowest BCUT2D eigenvalue weighted by atomic mass is 9.92. The molecule has 0 unspecified atom stereocenters. The van der Waals surface area contributed by atoms with Gasteiger partial charge in [0.2, 0.25) is 5.91 Å². The van der Waals surface area contributed by atoms with Gasteiger partial charge in [0.05, 0.1) is 6.54 Å². The second-order valence-corrected chi connectivity index (χ2v) is 7.80. The van der Waals surface area contributed by atoms with Crippen molar-refractivity contribution < 1.29 is 9.59 Å². The Morgan fingerprint density at radius 3 is 2.19 bits per heavy atom. The minimum Gasteiger partial charge on any atom is -0.341 e. The molecule has 1 aromatic rings. The lowest BCUT2D eigenvalue weighted by molar-refractivity contribution is -0.135. The molecule has 6 heteroatoms. The number of anilines is 1. The van der Waals surface area contributed by atoms with Crippen molar-refractivity contribution in [2.75, 3.05) is 51.1 Å². The van der Waals surface area contributed by atoms with Gasteiger partial charge in [-0.25, -0.2) is 4.79 Å². The summed E-state index contributed by atoms with van der Waals surface area (Å²) >= 11 is 0. The molecule has 26 heavy (non-hydrogen) atoms. The van der Waals surface area contributed by atoms with Crippen molar-refractivity contribution in [2.45, 2.75) is 20.3 Å². The number of benzene rings is 1. The standard InChI is InChI=1S/C20H30N4O2/c1-16-12-17(2)14-24(13-16)19(25)15-22-8-10-23(11-9-22)20(26)21-18-6-4-3-5-7-18/h3-7,16-17H,8-15H2,1-2H3,(H,21,26)/t16-,17-/m1/s1. The van der Waals surface area contributed by atoms with Gasteiger partial charge in [-0.2, -0.15) is 0 Å². The summed E-state index contributed by atoms with van der Waals surface area (Å²) in [4.78, 5) is 30.9. The Hall–Kier alpha value is -2.08. The van der Waals surface area contributed by atoms with E-state index in [1.54, 1.807) is 0 Å². The van der Waals surface area contributed by atoms with Gasteiger partial charge >= 0.3 is 6.03 Å². The fourth-order valence-electron chi connectivity index (χ4n) is 3.99. The molecule has 2 fully saturated rings. The van der Waals surface area contributed by atoms with Crippen LogP contribution in [0.3, 0.4) is 0 Å². The highest BCUT2D eigenvalue weighted by molar-refractivity contribution is 5.89. The predicted octanol–water partition coefficient (Wildman–Crippen LogP) is 2.34. The van der Waals surface area contributed by atoms with Gasteiger partial charge < -0.3 is 15.1 Å². The number of carbonyl (C=O) groups excluding carboxylic acids is 2. The van der Waals surface area contributed by atoms with Gasteiger partial charge in [-0.3, -0.25) is 9.69 Å². The van der Waals surface area contributed by atoms with Crippen LogP contribution in [0.15, 0.2) is 30.3 Å². The van der Waals surface area contributed by atoms with Crippen LogP contribution >= 0.6 is 0 Å². The maximum absolute atomic E-state index is 12.6. The van der Waals surface area contributed by atoms with Crippen LogP contribution in [0, 0.1) is 11.8 Å². The van der Waals surface area contributed by atoms with Gasteiger partial charge in [0, 0.05) is 45.0 Å². The summed E-state index contributed by atoms with van der Waals surface area (Å²) in [5.41, 5.74) is 0.809. The van der Waals surface area contributed by atoms with Crippen molar-refractivity contribution in [3.8, 4) is 0 Å². The SMILES string of the molecule is C[C@@H]1C[C@@H](C)CN(C(=O)CN2CCN(C(=O)Nc3ccccc3)CC2)C1. The molecule has 0 radical (unpaired) electrons. The Bertz CT molecular complexity index is 603. The fourth-order valence-corrected chi connectivity index (χ4v) is 3.99. The first kappa shape index (κ1) is 18.7. The van der Waals surface area contributed by atoms with Gasteiger partial charge in [-0.15, -0.1) is 0 Å². The van der Waals surface area contributed by atoms with Crippen LogP contribution in [0.5, 0.6) is 0 Å². The smallest absolute Gasteiger partial charge is 0.321 e. The number of piperazine rings is 1. The summed E-state index contributed by atoms with van der Waals surface area (Å²) in [5, 5.41) is 2.92. The van der Waals surface area contributed by atoms with Crippen molar-refractivity contribution in [3.05, 3.63) is 30.3 Å².